The predicted octanol–water partition coefficient (Wildman–Crippen LogP) is 2.30. The molecule has 1 aliphatic rings. The molecule has 1 atom stereocenters. The monoisotopic (exact) mass is 236 g/mol. The summed E-state index contributed by atoms with van der Waals surface area (Å²) in [5.74, 6) is 0.695. The highest BCUT2D eigenvalue weighted by Gasteiger charge is 2.18. The van der Waals surface area contributed by atoms with Gasteiger partial charge in [-0.3, -0.25) is 4.79 Å². The van der Waals surface area contributed by atoms with Crippen LogP contribution in [-0.4, -0.2) is 3.79 Å². The molecule has 0 aliphatic heterocycles. The number of hydrogen-bond acceptors (Lipinski definition) is 1. The molecule has 0 saturated heterocycles. The Hall–Kier alpha value is 0.140. The van der Waals surface area contributed by atoms with Crippen LogP contribution < -0.4 is 0 Å². The second-order valence-electron chi connectivity index (χ2n) is 2.39. The fourth-order valence-corrected chi connectivity index (χ4v) is 1.10. The summed E-state index contributed by atoms with van der Waals surface area (Å²) in [7, 11) is 0. The summed E-state index contributed by atoms with van der Waals surface area (Å²) >= 11 is 1.84. The van der Waals surface area contributed by atoms with Crippen LogP contribution in [0.5, 0.6) is 0 Å². The zero-order valence-electron chi connectivity index (χ0n) is 5.36. The largest absolute Gasteiger partial charge is 0.288 e. The van der Waals surface area contributed by atoms with Crippen LogP contribution >= 0.6 is 22.6 Å². The van der Waals surface area contributed by atoms with Gasteiger partial charge in [0.25, 0.3) is 0 Å². The van der Waals surface area contributed by atoms with Crippen LogP contribution in [0.3, 0.4) is 0 Å². The van der Waals surface area contributed by atoms with Crippen molar-refractivity contribution in [3.8, 4) is 0 Å². The topological polar surface area (TPSA) is 17.1 Å². The minimum absolute atomic E-state index is 0.271. The molecule has 1 rings (SSSR count). The Morgan fingerprint density at radius 2 is 2.44 bits per heavy atom. The Morgan fingerprint density at radius 3 is 2.78 bits per heavy atom. The lowest BCUT2D eigenvalue weighted by Gasteiger charge is -1.88. The molecule has 50 valence electrons. The van der Waals surface area contributed by atoms with Gasteiger partial charge in [-0.1, -0.05) is 18.6 Å². The molecule has 0 aromatic carbocycles. The molecule has 9 heavy (non-hydrogen) atoms. The summed E-state index contributed by atoms with van der Waals surface area (Å²) in [5, 5.41) is 0. The molecule has 0 aromatic heterocycles. The summed E-state index contributed by atoms with van der Waals surface area (Å²) in [6.07, 6.45) is 3.92. The molecule has 0 amide bonds. The number of rotatable bonds is 3. The van der Waals surface area contributed by atoms with E-state index in [0.717, 1.165) is 12.8 Å². The molecular formula is C7H9IO. The minimum atomic E-state index is 0.271. The summed E-state index contributed by atoms with van der Waals surface area (Å²) in [4.78, 5) is 10.4. The van der Waals surface area contributed by atoms with Gasteiger partial charge in [-0.15, -0.1) is 0 Å². The van der Waals surface area contributed by atoms with Crippen LogP contribution in [0.1, 0.15) is 19.8 Å². The van der Waals surface area contributed by atoms with Crippen LogP contribution in [0, 0.1) is 5.92 Å². The molecule has 1 unspecified atom stereocenters. The Morgan fingerprint density at radius 1 is 1.89 bits per heavy atom. The summed E-state index contributed by atoms with van der Waals surface area (Å²) in [6, 6.07) is 0. The van der Waals surface area contributed by atoms with Crippen molar-refractivity contribution < 1.29 is 4.79 Å². The molecule has 0 saturated carbocycles. The van der Waals surface area contributed by atoms with E-state index in [0.29, 0.717) is 5.92 Å². The average Bonchev–Trinajstić information content (AvgIpc) is 2.42. The first kappa shape index (κ1) is 7.25. The van der Waals surface area contributed by atoms with Crippen LogP contribution in [-0.2, 0) is 4.79 Å². The molecule has 0 radical (unpaired) electrons. The molecular weight excluding hydrogens is 227 g/mol. The summed E-state index contributed by atoms with van der Waals surface area (Å²) < 4.78 is 0.271. The lowest BCUT2D eigenvalue weighted by molar-refractivity contribution is -0.109. The molecule has 2 heteroatoms. The molecule has 0 bridgehead atoms. The van der Waals surface area contributed by atoms with Gasteiger partial charge in [0.15, 0.2) is 3.79 Å². The number of carbonyl (C=O) groups excluding carboxylic acids is 1. The van der Waals surface area contributed by atoms with E-state index in [-0.39, 0.29) is 3.79 Å². The fraction of sp³-hybridized carbons (Fsp3) is 0.571. The van der Waals surface area contributed by atoms with Crippen molar-refractivity contribution >= 4 is 26.4 Å². The smallest absolute Gasteiger partial charge is 0.192 e. The van der Waals surface area contributed by atoms with Gasteiger partial charge in [0.05, 0.1) is 0 Å². The molecule has 0 heterocycles. The summed E-state index contributed by atoms with van der Waals surface area (Å²) in [6.45, 7) is 2.16. The van der Waals surface area contributed by atoms with E-state index in [4.69, 9.17) is 0 Å². The standard InChI is InChI=1S/C7H9IO/c1-5-4-6(5)2-3-7(8)9/h4-5H,2-3H2,1H3. The maximum atomic E-state index is 10.4. The lowest BCUT2D eigenvalue weighted by Crippen LogP contribution is -1.83. The molecule has 0 aromatic rings. The summed E-state index contributed by atoms with van der Waals surface area (Å²) in [5.41, 5.74) is 1.46. The Bertz CT molecular complexity index is 160. The first-order valence-corrected chi connectivity index (χ1v) is 4.17. The van der Waals surface area contributed by atoms with Crippen molar-refractivity contribution in [1.82, 2.24) is 0 Å². The van der Waals surface area contributed by atoms with Gasteiger partial charge in [-0.2, -0.15) is 0 Å². The maximum absolute atomic E-state index is 10.4. The van der Waals surface area contributed by atoms with E-state index in [1.807, 2.05) is 22.6 Å². The van der Waals surface area contributed by atoms with Crippen molar-refractivity contribution in [1.29, 1.82) is 0 Å². The van der Waals surface area contributed by atoms with Gasteiger partial charge >= 0.3 is 0 Å². The third-order valence-corrected chi connectivity index (χ3v) is 2.09. The number of halogens is 1. The van der Waals surface area contributed by atoms with Crippen molar-refractivity contribution in [2.75, 3.05) is 0 Å². The van der Waals surface area contributed by atoms with Crippen LogP contribution in [0.2, 0.25) is 0 Å². The van der Waals surface area contributed by atoms with E-state index in [2.05, 4.69) is 13.0 Å². The van der Waals surface area contributed by atoms with Gasteiger partial charge in [0.1, 0.15) is 0 Å². The molecule has 0 N–H and O–H groups in total. The Balaban J connectivity index is 2.08. The van der Waals surface area contributed by atoms with E-state index < -0.39 is 0 Å². The quantitative estimate of drug-likeness (QED) is 0.417. The molecule has 1 nitrogen and oxygen atoms in total. The second-order valence-corrected chi connectivity index (χ2v) is 3.59. The second kappa shape index (κ2) is 2.82. The Kier molecular flexibility index (Phi) is 2.27. The zero-order chi connectivity index (χ0) is 6.85. The molecule has 0 fully saturated rings. The third kappa shape index (κ3) is 2.47. The number of allylic oxidation sites excluding steroid dienone is 2. The number of carbonyl (C=O) groups is 1. The van der Waals surface area contributed by atoms with Crippen LogP contribution in [0.4, 0.5) is 0 Å². The van der Waals surface area contributed by atoms with Crippen LogP contribution in [0.15, 0.2) is 11.6 Å². The zero-order valence-corrected chi connectivity index (χ0v) is 7.51. The van der Waals surface area contributed by atoms with Crippen LogP contribution in [0.25, 0.3) is 0 Å². The van der Waals surface area contributed by atoms with E-state index in [9.17, 15) is 4.79 Å². The van der Waals surface area contributed by atoms with Gasteiger partial charge < -0.3 is 0 Å². The molecule has 0 spiro atoms. The maximum Gasteiger partial charge on any atom is 0.192 e. The highest BCUT2D eigenvalue weighted by molar-refractivity contribution is 14.1. The van der Waals surface area contributed by atoms with Gasteiger partial charge in [-0.25, -0.2) is 0 Å². The van der Waals surface area contributed by atoms with Crippen molar-refractivity contribution in [3.63, 3.8) is 0 Å². The highest BCUT2D eigenvalue weighted by Crippen LogP contribution is 2.31. The predicted molar refractivity (Wildman–Crippen MR) is 45.5 cm³/mol. The first-order chi connectivity index (χ1) is 4.20. The van der Waals surface area contributed by atoms with E-state index in [1.54, 1.807) is 0 Å². The van der Waals surface area contributed by atoms with Crippen molar-refractivity contribution in [2.45, 2.75) is 19.8 Å². The highest BCUT2D eigenvalue weighted by atomic mass is 127. The van der Waals surface area contributed by atoms with Gasteiger partial charge in [0, 0.05) is 6.42 Å². The Labute approximate surface area is 68.7 Å². The van der Waals surface area contributed by atoms with Crippen molar-refractivity contribution in [3.05, 3.63) is 11.6 Å². The SMILES string of the molecule is CC1C=C1CCC(=O)I. The first-order valence-electron chi connectivity index (χ1n) is 3.09. The number of hydrogen-bond donors (Lipinski definition) is 0. The minimum Gasteiger partial charge on any atom is -0.288 e. The normalized spacial score (nSPS) is 23.3. The van der Waals surface area contributed by atoms with E-state index >= 15 is 0 Å². The third-order valence-electron chi connectivity index (χ3n) is 1.55. The van der Waals surface area contributed by atoms with E-state index in [1.165, 1.54) is 5.57 Å². The lowest BCUT2D eigenvalue weighted by atomic mass is 10.2. The van der Waals surface area contributed by atoms with Gasteiger partial charge in [0.2, 0.25) is 0 Å². The molecule has 1 aliphatic carbocycles. The van der Waals surface area contributed by atoms with Crippen molar-refractivity contribution in [2.24, 2.45) is 5.92 Å². The fourth-order valence-electron chi connectivity index (χ4n) is 0.827. The average molecular weight is 236 g/mol. The van der Waals surface area contributed by atoms with Gasteiger partial charge in [-0.05, 0) is 34.9 Å².